The van der Waals surface area contributed by atoms with Crippen LogP contribution < -0.4 is 0 Å². The molecule has 0 aromatic rings. The first kappa shape index (κ1) is 14.9. The summed E-state index contributed by atoms with van der Waals surface area (Å²) in [5.74, 6) is 0. The number of aliphatic hydroxyl groups is 1. The van der Waals surface area contributed by atoms with Crippen LogP contribution >= 0.6 is 0 Å². The quantitative estimate of drug-likeness (QED) is 0.356. The number of rotatable bonds is 9. The molecule has 1 atom stereocenters. The van der Waals surface area contributed by atoms with Gasteiger partial charge in [-0.05, 0) is 18.4 Å². The largest absolute Gasteiger partial charge is 0.396 e. The van der Waals surface area contributed by atoms with Crippen molar-refractivity contribution >= 4 is 8.07 Å². The minimum Gasteiger partial charge on any atom is -0.396 e. The summed E-state index contributed by atoms with van der Waals surface area (Å²) in [5, 5.41) is 8.81. The van der Waals surface area contributed by atoms with Crippen LogP contribution in [0.5, 0.6) is 0 Å². The molecular formula is C13H28OSi. The Bertz CT molecular complexity index is 156. The van der Waals surface area contributed by atoms with E-state index in [2.05, 4.69) is 33.4 Å². The molecule has 0 aliphatic rings. The van der Waals surface area contributed by atoms with Crippen LogP contribution in [0.2, 0.25) is 23.7 Å². The van der Waals surface area contributed by atoms with Crippen molar-refractivity contribution in [1.82, 2.24) is 0 Å². The Morgan fingerprint density at radius 3 is 2.00 bits per heavy atom. The van der Waals surface area contributed by atoms with Crippen LogP contribution in [0, 0.1) is 0 Å². The van der Waals surface area contributed by atoms with Gasteiger partial charge in [-0.3, -0.25) is 0 Å². The lowest BCUT2D eigenvalue weighted by Gasteiger charge is -2.35. The van der Waals surface area contributed by atoms with E-state index in [1.807, 2.05) is 0 Å². The summed E-state index contributed by atoms with van der Waals surface area (Å²) in [6, 6.07) is 4.11. The third-order valence-corrected chi connectivity index (χ3v) is 10.4. The van der Waals surface area contributed by atoms with Crippen molar-refractivity contribution in [2.24, 2.45) is 0 Å². The molecule has 1 N–H and O–H groups in total. The molecular weight excluding hydrogens is 200 g/mol. The fourth-order valence-corrected chi connectivity index (χ4v) is 7.08. The van der Waals surface area contributed by atoms with Gasteiger partial charge in [0, 0.05) is 6.61 Å². The van der Waals surface area contributed by atoms with Crippen LogP contribution in [0.4, 0.5) is 0 Å². The molecule has 2 heteroatoms. The Labute approximate surface area is 96.6 Å². The molecule has 1 unspecified atom stereocenters. The minimum atomic E-state index is -1.10. The zero-order valence-corrected chi connectivity index (χ0v) is 11.8. The van der Waals surface area contributed by atoms with Crippen molar-refractivity contribution in [2.75, 3.05) is 6.61 Å². The van der Waals surface area contributed by atoms with E-state index in [1.165, 1.54) is 24.6 Å². The lowest BCUT2D eigenvalue weighted by molar-refractivity contribution is 0.283. The van der Waals surface area contributed by atoms with E-state index in [1.54, 1.807) is 0 Å². The van der Waals surface area contributed by atoms with Gasteiger partial charge in [0.05, 0.1) is 8.07 Å². The first-order chi connectivity index (χ1) is 7.20. The van der Waals surface area contributed by atoms with Crippen molar-refractivity contribution in [3.63, 3.8) is 0 Å². The maximum atomic E-state index is 8.81. The van der Waals surface area contributed by atoms with E-state index in [0.29, 0.717) is 6.61 Å². The minimum absolute atomic E-state index is 0.336. The summed E-state index contributed by atoms with van der Waals surface area (Å²) < 4.78 is 0. The molecule has 0 aliphatic carbocycles. The Morgan fingerprint density at radius 1 is 1.13 bits per heavy atom. The molecule has 0 bridgehead atoms. The predicted molar refractivity (Wildman–Crippen MR) is 72.1 cm³/mol. The van der Waals surface area contributed by atoms with Gasteiger partial charge in [0.15, 0.2) is 0 Å². The summed E-state index contributed by atoms with van der Waals surface area (Å²) >= 11 is 0. The number of unbranched alkanes of at least 4 members (excludes halogenated alkanes) is 1. The summed E-state index contributed by atoms with van der Waals surface area (Å²) in [6.07, 6.45) is 5.54. The molecule has 0 spiro atoms. The molecule has 0 fully saturated rings. The number of allylic oxidation sites excluding steroid dienone is 1. The van der Waals surface area contributed by atoms with Gasteiger partial charge < -0.3 is 5.11 Å². The molecule has 0 aliphatic heterocycles. The van der Waals surface area contributed by atoms with Crippen LogP contribution in [0.3, 0.4) is 0 Å². The molecule has 0 saturated carbocycles. The Morgan fingerprint density at radius 2 is 1.67 bits per heavy atom. The number of hydrogen-bond donors (Lipinski definition) is 1. The zero-order valence-electron chi connectivity index (χ0n) is 10.8. The number of aliphatic hydroxyl groups excluding tert-OH is 1. The Hall–Kier alpha value is -0.0831. The highest BCUT2D eigenvalue weighted by Crippen LogP contribution is 2.37. The van der Waals surface area contributed by atoms with Crippen LogP contribution in [0.1, 0.15) is 40.0 Å². The van der Waals surface area contributed by atoms with Gasteiger partial charge in [-0.15, -0.1) is 6.58 Å². The summed E-state index contributed by atoms with van der Waals surface area (Å²) in [7, 11) is -1.10. The predicted octanol–water partition coefficient (Wildman–Crippen LogP) is 4.21. The smallest absolute Gasteiger partial charge is 0.0596 e. The summed E-state index contributed by atoms with van der Waals surface area (Å²) in [4.78, 5) is 0. The highest BCUT2D eigenvalue weighted by molar-refractivity contribution is 6.81. The monoisotopic (exact) mass is 228 g/mol. The lowest BCUT2D eigenvalue weighted by Crippen LogP contribution is -2.36. The van der Waals surface area contributed by atoms with Crippen LogP contribution in [-0.4, -0.2) is 19.8 Å². The third-order valence-electron chi connectivity index (χ3n) is 4.11. The molecule has 0 rings (SSSR count). The highest BCUT2D eigenvalue weighted by atomic mass is 28.3. The topological polar surface area (TPSA) is 20.2 Å². The maximum Gasteiger partial charge on any atom is 0.0596 e. The van der Waals surface area contributed by atoms with Gasteiger partial charge in [-0.25, -0.2) is 0 Å². The second kappa shape index (κ2) is 8.11. The van der Waals surface area contributed by atoms with Crippen molar-refractivity contribution in [3.05, 3.63) is 12.7 Å². The fraction of sp³-hybridized carbons (Fsp3) is 0.846. The van der Waals surface area contributed by atoms with Crippen molar-refractivity contribution in [2.45, 2.75) is 63.7 Å². The average Bonchev–Trinajstić information content (AvgIpc) is 2.29. The number of hydrogen-bond acceptors (Lipinski definition) is 1. The van der Waals surface area contributed by atoms with E-state index in [0.717, 1.165) is 18.4 Å². The van der Waals surface area contributed by atoms with Gasteiger partial charge in [-0.2, -0.15) is 0 Å². The van der Waals surface area contributed by atoms with E-state index >= 15 is 0 Å². The van der Waals surface area contributed by atoms with Crippen molar-refractivity contribution < 1.29 is 5.11 Å². The van der Waals surface area contributed by atoms with Gasteiger partial charge in [0.25, 0.3) is 0 Å². The van der Waals surface area contributed by atoms with Crippen molar-refractivity contribution in [1.29, 1.82) is 0 Å². The van der Waals surface area contributed by atoms with Gasteiger partial charge in [0.2, 0.25) is 0 Å². The zero-order chi connectivity index (χ0) is 11.7. The van der Waals surface area contributed by atoms with Crippen LogP contribution in [-0.2, 0) is 0 Å². The van der Waals surface area contributed by atoms with E-state index in [4.69, 9.17) is 5.11 Å². The van der Waals surface area contributed by atoms with E-state index < -0.39 is 8.07 Å². The average molecular weight is 228 g/mol. The van der Waals surface area contributed by atoms with Crippen LogP contribution in [0.15, 0.2) is 12.7 Å². The first-order valence-electron chi connectivity index (χ1n) is 6.44. The first-order valence-corrected chi connectivity index (χ1v) is 9.14. The molecule has 1 nitrogen and oxygen atoms in total. The lowest BCUT2D eigenvalue weighted by atomic mass is 10.2. The molecule has 0 saturated heterocycles. The second-order valence-corrected chi connectivity index (χ2v) is 10.1. The van der Waals surface area contributed by atoms with Gasteiger partial charge in [-0.1, -0.05) is 51.4 Å². The molecule has 15 heavy (non-hydrogen) atoms. The standard InChI is InChI=1S/C13H28OSi/c1-5-13(11-9-10-12-14)15(6-2,7-3)8-4/h5,13-14H,1,6-12H2,2-4H3. The molecule has 0 amide bonds. The third kappa shape index (κ3) is 4.11. The maximum absolute atomic E-state index is 8.81. The van der Waals surface area contributed by atoms with Gasteiger partial charge in [0.1, 0.15) is 0 Å². The fourth-order valence-electron chi connectivity index (χ4n) is 2.69. The Balaban J connectivity index is 4.38. The highest BCUT2D eigenvalue weighted by Gasteiger charge is 2.33. The summed E-state index contributed by atoms with van der Waals surface area (Å²) in [5.41, 5.74) is 0.754. The second-order valence-electron chi connectivity index (χ2n) is 4.48. The summed E-state index contributed by atoms with van der Waals surface area (Å²) in [6.45, 7) is 11.4. The molecule has 0 radical (unpaired) electrons. The van der Waals surface area contributed by atoms with Crippen LogP contribution in [0.25, 0.3) is 0 Å². The van der Waals surface area contributed by atoms with Crippen molar-refractivity contribution in [3.8, 4) is 0 Å². The normalized spacial score (nSPS) is 13.9. The molecule has 0 aromatic heterocycles. The molecule has 0 heterocycles. The van der Waals surface area contributed by atoms with E-state index in [9.17, 15) is 0 Å². The SMILES string of the molecule is C=CC(CCCCO)[Si](CC)(CC)CC. The molecule has 90 valence electrons. The van der Waals surface area contributed by atoms with E-state index in [-0.39, 0.29) is 0 Å². The Kier molecular flexibility index (Phi) is 8.07. The molecule has 0 aromatic carbocycles. The van der Waals surface area contributed by atoms with Gasteiger partial charge >= 0.3 is 0 Å².